The minimum atomic E-state index is -0.112. The molecule has 0 saturated heterocycles. The SMILES string of the molecule is CCC(C)C(CNC)C(=O)OC. The second-order valence-electron chi connectivity index (χ2n) is 3.07. The Morgan fingerprint density at radius 1 is 1.58 bits per heavy atom. The van der Waals surface area contributed by atoms with Crippen molar-refractivity contribution in [2.24, 2.45) is 11.8 Å². The third-order valence-electron chi connectivity index (χ3n) is 2.26. The van der Waals surface area contributed by atoms with Crippen molar-refractivity contribution in [2.45, 2.75) is 20.3 Å². The second-order valence-corrected chi connectivity index (χ2v) is 3.07. The van der Waals surface area contributed by atoms with Gasteiger partial charge in [0.2, 0.25) is 0 Å². The van der Waals surface area contributed by atoms with Crippen LogP contribution in [0.3, 0.4) is 0 Å². The number of hydrogen-bond donors (Lipinski definition) is 1. The van der Waals surface area contributed by atoms with Crippen molar-refractivity contribution in [3.05, 3.63) is 0 Å². The number of esters is 1. The molecular weight excluding hydrogens is 154 g/mol. The lowest BCUT2D eigenvalue weighted by molar-refractivity contribution is -0.147. The van der Waals surface area contributed by atoms with Gasteiger partial charge < -0.3 is 10.1 Å². The summed E-state index contributed by atoms with van der Waals surface area (Å²) in [4.78, 5) is 11.2. The van der Waals surface area contributed by atoms with Gasteiger partial charge in [-0.05, 0) is 13.0 Å². The van der Waals surface area contributed by atoms with E-state index in [1.54, 1.807) is 0 Å². The summed E-state index contributed by atoms with van der Waals surface area (Å²) in [6.45, 7) is 4.84. The van der Waals surface area contributed by atoms with Gasteiger partial charge in [0.25, 0.3) is 0 Å². The van der Waals surface area contributed by atoms with E-state index < -0.39 is 0 Å². The van der Waals surface area contributed by atoms with Crippen LogP contribution in [0.15, 0.2) is 0 Å². The number of methoxy groups -OCH3 is 1. The molecule has 2 atom stereocenters. The van der Waals surface area contributed by atoms with E-state index in [4.69, 9.17) is 4.74 Å². The van der Waals surface area contributed by atoms with Gasteiger partial charge in [-0.1, -0.05) is 20.3 Å². The number of carbonyl (C=O) groups is 1. The zero-order chi connectivity index (χ0) is 9.56. The molecule has 0 radical (unpaired) electrons. The zero-order valence-corrected chi connectivity index (χ0v) is 8.39. The highest BCUT2D eigenvalue weighted by Gasteiger charge is 2.23. The molecule has 0 rings (SSSR count). The number of nitrogens with one attached hydrogen (secondary N) is 1. The van der Waals surface area contributed by atoms with Gasteiger partial charge in [0, 0.05) is 6.54 Å². The van der Waals surface area contributed by atoms with Gasteiger partial charge in [-0.15, -0.1) is 0 Å². The van der Waals surface area contributed by atoms with E-state index in [9.17, 15) is 4.79 Å². The van der Waals surface area contributed by atoms with Crippen molar-refractivity contribution in [1.29, 1.82) is 0 Å². The van der Waals surface area contributed by atoms with Gasteiger partial charge in [-0.3, -0.25) is 4.79 Å². The third kappa shape index (κ3) is 3.22. The second kappa shape index (κ2) is 6.00. The highest BCUT2D eigenvalue weighted by atomic mass is 16.5. The van der Waals surface area contributed by atoms with E-state index in [1.807, 2.05) is 7.05 Å². The average molecular weight is 173 g/mol. The lowest BCUT2D eigenvalue weighted by Crippen LogP contribution is -2.32. The summed E-state index contributed by atoms with van der Waals surface area (Å²) in [5.74, 6) is 0.258. The minimum absolute atomic E-state index is 0.00926. The van der Waals surface area contributed by atoms with E-state index in [-0.39, 0.29) is 11.9 Å². The van der Waals surface area contributed by atoms with Crippen molar-refractivity contribution >= 4 is 5.97 Å². The first-order valence-corrected chi connectivity index (χ1v) is 4.39. The molecule has 12 heavy (non-hydrogen) atoms. The predicted octanol–water partition coefficient (Wildman–Crippen LogP) is 1.04. The topological polar surface area (TPSA) is 38.3 Å². The van der Waals surface area contributed by atoms with E-state index in [0.29, 0.717) is 12.5 Å². The Bertz CT molecular complexity index is 136. The molecule has 0 aliphatic heterocycles. The van der Waals surface area contributed by atoms with Crippen molar-refractivity contribution in [3.8, 4) is 0 Å². The fourth-order valence-corrected chi connectivity index (χ4v) is 1.17. The predicted molar refractivity (Wildman–Crippen MR) is 48.9 cm³/mol. The van der Waals surface area contributed by atoms with Crippen LogP contribution in [-0.2, 0) is 9.53 Å². The number of carbonyl (C=O) groups excluding carboxylic acids is 1. The monoisotopic (exact) mass is 173 g/mol. The summed E-state index contributed by atoms with van der Waals surface area (Å²) in [5.41, 5.74) is 0. The first-order chi connectivity index (χ1) is 5.67. The lowest BCUT2D eigenvalue weighted by Gasteiger charge is -2.19. The van der Waals surface area contributed by atoms with Crippen LogP contribution in [0, 0.1) is 11.8 Å². The number of hydrogen-bond acceptors (Lipinski definition) is 3. The zero-order valence-electron chi connectivity index (χ0n) is 8.39. The molecular formula is C9H19NO2. The average Bonchev–Trinajstić information content (AvgIpc) is 2.11. The molecule has 0 fully saturated rings. The van der Waals surface area contributed by atoms with Crippen LogP contribution in [0.2, 0.25) is 0 Å². The van der Waals surface area contributed by atoms with Crippen molar-refractivity contribution in [1.82, 2.24) is 5.32 Å². The lowest BCUT2D eigenvalue weighted by atomic mass is 9.92. The largest absolute Gasteiger partial charge is 0.469 e. The highest BCUT2D eigenvalue weighted by molar-refractivity contribution is 5.72. The van der Waals surface area contributed by atoms with Crippen LogP contribution >= 0.6 is 0 Å². The van der Waals surface area contributed by atoms with Crippen LogP contribution in [0.5, 0.6) is 0 Å². The summed E-state index contributed by atoms with van der Waals surface area (Å²) in [6.07, 6.45) is 1.00. The quantitative estimate of drug-likeness (QED) is 0.631. The number of ether oxygens (including phenoxy) is 1. The van der Waals surface area contributed by atoms with Crippen molar-refractivity contribution < 1.29 is 9.53 Å². The van der Waals surface area contributed by atoms with Crippen molar-refractivity contribution in [3.63, 3.8) is 0 Å². The number of rotatable bonds is 5. The Hall–Kier alpha value is -0.570. The molecule has 0 aliphatic carbocycles. The normalized spacial score (nSPS) is 15.3. The molecule has 0 aromatic heterocycles. The fourth-order valence-electron chi connectivity index (χ4n) is 1.17. The Morgan fingerprint density at radius 3 is 2.50 bits per heavy atom. The third-order valence-corrected chi connectivity index (χ3v) is 2.26. The minimum Gasteiger partial charge on any atom is -0.469 e. The van der Waals surface area contributed by atoms with Crippen LogP contribution < -0.4 is 5.32 Å². The molecule has 0 aliphatic rings. The highest BCUT2D eigenvalue weighted by Crippen LogP contribution is 2.15. The van der Waals surface area contributed by atoms with Gasteiger partial charge in [0.15, 0.2) is 0 Å². The molecule has 0 saturated carbocycles. The molecule has 0 bridgehead atoms. The standard InChI is InChI=1S/C9H19NO2/c1-5-7(2)8(6-10-3)9(11)12-4/h7-8,10H,5-6H2,1-4H3. The van der Waals surface area contributed by atoms with Gasteiger partial charge >= 0.3 is 5.97 Å². The van der Waals surface area contributed by atoms with E-state index in [1.165, 1.54) is 7.11 Å². The van der Waals surface area contributed by atoms with E-state index in [2.05, 4.69) is 19.2 Å². The summed E-state index contributed by atoms with van der Waals surface area (Å²) in [6, 6.07) is 0. The first-order valence-electron chi connectivity index (χ1n) is 4.39. The summed E-state index contributed by atoms with van der Waals surface area (Å²) in [5, 5.41) is 3.00. The van der Waals surface area contributed by atoms with Crippen LogP contribution in [0.1, 0.15) is 20.3 Å². The Morgan fingerprint density at radius 2 is 2.17 bits per heavy atom. The fraction of sp³-hybridized carbons (Fsp3) is 0.889. The molecule has 0 aromatic rings. The van der Waals surface area contributed by atoms with Crippen LogP contribution in [0.25, 0.3) is 0 Å². The Balaban J connectivity index is 4.11. The molecule has 72 valence electrons. The van der Waals surface area contributed by atoms with E-state index >= 15 is 0 Å². The van der Waals surface area contributed by atoms with Crippen LogP contribution in [0.4, 0.5) is 0 Å². The smallest absolute Gasteiger partial charge is 0.310 e. The van der Waals surface area contributed by atoms with Gasteiger partial charge in [0.1, 0.15) is 0 Å². The summed E-state index contributed by atoms with van der Waals surface area (Å²) >= 11 is 0. The van der Waals surface area contributed by atoms with Crippen LogP contribution in [-0.4, -0.2) is 26.7 Å². The molecule has 3 nitrogen and oxygen atoms in total. The summed E-state index contributed by atoms with van der Waals surface area (Å²) < 4.78 is 4.71. The Kier molecular flexibility index (Phi) is 5.72. The first kappa shape index (κ1) is 11.4. The maximum Gasteiger partial charge on any atom is 0.310 e. The molecule has 2 unspecified atom stereocenters. The summed E-state index contributed by atoms with van der Waals surface area (Å²) in [7, 11) is 3.28. The van der Waals surface area contributed by atoms with Gasteiger partial charge in [0.05, 0.1) is 13.0 Å². The maximum atomic E-state index is 11.2. The maximum absolute atomic E-state index is 11.2. The molecule has 3 heteroatoms. The Labute approximate surface area is 74.5 Å². The van der Waals surface area contributed by atoms with E-state index in [0.717, 1.165) is 6.42 Å². The molecule has 0 heterocycles. The van der Waals surface area contributed by atoms with Gasteiger partial charge in [-0.2, -0.15) is 0 Å². The molecule has 0 spiro atoms. The molecule has 0 amide bonds. The van der Waals surface area contributed by atoms with Gasteiger partial charge in [-0.25, -0.2) is 0 Å². The molecule has 1 N–H and O–H groups in total. The molecule has 0 aromatic carbocycles. The van der Waals surface area contributed by atoms with Crippen molar-refractivity contribution in [2.75, 3.05) is 20.7 Å².